The summed E-state index contributed by atoms with van der Waals surface area (Å²) in [4.78, 5) is 39.2. The van der Waals surface area contributed by atoms with E-state index in [1.807, 2.05) is 0 Å². The third-order valence-electron chi connectivity index (χ3n) is 6.74. The van der Waals surface area contributed by atoms with Crippen LogP contribution < -0.4 is 5.73 Å². The van der Waals surface area contributed by atoms with E-state index in [4.69, 9.17) is 14.0 Å². The van der Waals surface area contributed by atoms with Gasteiger partial charge in [0, 0.05) is 25.6 Å². The molecule has 1 aromatic rings. The van der Waals surface area contributed by atoms with Gasteiger partial charge in [-0.3, -0.25) is 19.3 Å². The van der Waals surface area contributed by atoms with Gasteiger partial charge in [-0.1, -0.05) is 12.1 Å². The highest BCUT2D eigenvalue weighted by Crippen LogP contribution is 2.57. The van der Waals surface area contributed by atoms with Crippen molar-refractivity contribution in [3.63, 3.8) is 0 Å². The van der Waals surface area contributed by atoms with Crippen molar-refractivity contribution in [1.29, 1.82) is 0 Å². The van der Waals surface area contributed by atoms with Crippen molar-refractivity contribution in [2.75, 3.05) is 14.0 Å². The van der Waals surface area contributed by atoms with Gasteiger partial charge in [-0.05, 0) is 38.9 Å². The Morgan fingerprint density at radius 2 is 1.85 bits per heavy atom. The fraction of sp³-hybridized carbons (Fsp3) is 0.409. The highest BCUT2D eigenvalue weighted by Gasteiger charge is 2.66. The molecule has 0 bridgehead atoms. The summed E-state index contributed by atoms with van der Waals surface area (Å²) in [5, 5.41) is 55.4. The summed E-state index contributed by atoms with van der Waals surface area (Å²) in [6.45, 7) is -5.89. The van der Waals surface area contributed by atoms with Gasteiger partial charge in [0.2, 0.25) is 5.78 Å². The van der Waals surface area contributed by atoms with Crippen LogP contribution in [0, 0.1) is 11.8 Å². The smallest absolute Gasteiger partial charge is 0.255 e. The average molecular weight is 489 g/mol. The number of nitrogens with zero attached hydrogens (tertiary/aromatic N) is 1. The van der Waals surface area contributed by atoms with E-state index in [1.165, 1.54) is 19.1 Å². The Morgan fingerprint density at radius 1 is 1.21 bits per heavy atom. The first-order chi connectivity index (χ1) is 17.2. The molecule has 5 atom stereocenters. The van der Waals surface area contributed by atoms with Gasteiger partial charge in [-0.2, -0.15) is 0 Å². The Hall–Kier alpha value is -2.92. The van der Waals surface area contributed by atoms with E-state index in [1.54, 1.807) is 0 Å². The van der Waals surface area contributed by atoms with Gasteiger partial charge >= 0.3 is 0 Å². The number of hydrogen-bond donors (Lipinski definition) is 6. The van der Waals surface area contributed by atoms with E-state index in [9.17, 15) is 39.9 Å². The first-order valence-electron chi connectivity index (χ1n) is 12.5. The molecule has 0 saturated heterocycles. The third kappa shape index (κ3) is 2.95. The van der Waals surface area contributed by atoms with Crippen molar-refractivity contribution in [2.45, 2.75) is 30.6 Å². The Kier molecular flexibility index (Phi) is 4.02. The first kappa shape index (κ1) is 17.5. The lowest BCUT2D eigenvalue weighted by atomic mass is 9.54. The monoisotopic (exact) mass is 488 g/mol. The number of likely N-dealkylation sites (N-methyl/N-ethyl adjacent to an activating group) is 1. The minimum absolute atomic E-state index is 0. The standard InChI is InChI=1S/C22H24N2O8.ClH/c1-21(31)8-5-4-6-11(25)12(8)16(26)13-9(21)7-10-15(24(2)3)17(27)14(20(23)30)19(29)22(10,32)18(13)28;/h4-6,9-10,15,25-26,29,31-32H,7H2,1-3H3,(H2,23,30);1H/t9-,10-,15-,21+,22-;/m0./s1/i2+1D3,3+1D3;. The molecule has 0 radical (unpaired) electrons. The summed E-state index contributed by atoms with van der Waals surface area (Å²) >= 11 is 0. The molecule has 7 N–H and O–H groups in total. The highest BCUT2D eigenvalue weighted by molar-refractivity contribution is 6.24. The van der Waals surface area contributed by atoms with Crippen molar-refractivity contribution in [2.24, 2.45) is 17.6 Å². The minimum atomic E-state index is -3.54. The van der Waals surface area contributed by atoms with Gasteiger partial charge in [0.15, 0.2) is 11.4 Å². The number of rotatable bonds is 2. The fourth-order valence-corrected chi connectivity index (χ4v) is 5.20. The first-order valence-corrected chi connectivity index (χ1v) is 9.52. The number of phenolic OH excluding ortho intramolecular Hbond substituents is 1. The van der Waals surface area contributed by atoms with Crippen molar-refractivity contribution >= 4 is 35.6 Å². The molecule has 10 nitrogen and oxygen atoms in total. The third-order valence-corrected chi connectivity index (χ3v) is 6.74. The van der Waals surface area contributed by atoms with Crippen molar-refractivity contribution in [1.82, 2.24) is 4.90 Å². The van der Waals surface area contributed by atoms with Crippen LogP contribution in [0.25, 0.3) is 5.76 Å². The number of aliphatic hydroxyl groups is 4. The van der Waals surface area contributed by atoms with Gasteiger partial charge in [0.1, 0.15) is 22.8 Å². The normalized spacial score (nSPS) is 36.8. The molecule has 0 aliphatic heterocycles. The maximum atomic E-state index is 13.9. The predicted octanol–water partition coefficient (Wildman–Crippen LogP) is 0.0508. The van der Waals surface area contributed by atoms with E-state index in [0.717, 1.165) is 6.07 Å². The summed E-state index contributed by atoms with van der Waals surface area (Å²) in [6, 6.07) is 1.40. The van der Waals surface area contributed by atoms with Gasteiger partial charge in [-0.15, -0.1) is 12.4 Å². The molecule has 3 aliphatic carbocycles. The maximum absolute atomic E-state index is 13.9. The highest BCUT2D eigenvalue weighted by atomic mass is 35.5. The lowest BCUT2D eigenvalue weighted by molar-refractivity contribution is -0.159. The number of phenols is 1. The zero-order chi connectivity index (χ0) is 28.9. The molecule has 1 saturated carbocycles. The van der Waals surface area contributed by atoms with Crippen molar-refractivity contribution < 1.29 is 48.1 Å². The molecule has 4 rings (SSSR count). The Balaban J connectivity index is 0.00000420. The molecule has 3 aliphatic rings. The molecular formula is C22H25ClN2O8. The molecular weight excluding hydrogens is 458 g/mol. The van der Waals surface area contributed by atoms with E-state index in [-0.39, 0.29) is 28.4 Å². The molecule has 11 heteroatoms. The van der Waals surface area contributed by atoms with Crippen LogP contribution >= 0.6 is 12.4 Å². The SMILES string of the molecule is Cl.[2H][13C]([2H])([2H])N([C@@H]1C(=O)C(C(N)=O)=C(O)[C@@]2(O)C(=O)C3=C(O)c4c(O)cccc4[C@@](C)(O)[C@H]3C[C@@H]12)[13C]([2H])([2H])[2H]. The van der Waals surface area contributed by atoms with E-state index in [2.05, 4.69) is 0 Å². The minimum Gasteiger partial charge on any atom is -0.508 e. The van der Waals surface area contributed by atoms with Crippen LogP contribution in [-0.4, -0.2) is 73.5 Å². The largest absolute Gasteiger partial charge is 0.508 e. The number of primary amides is 1. The van der Waals surface area contributed by atoms with E-state index in [0.29, 0.717) is 0 Å². The maximum Gasteiger partial charge on any atom is 0.255 e. The number of halogens is 1. The van der Waals surface area contributed by atoms with Gasteiger partial charge in [-0.25, -0.2) is 0 Å². The Labute approximate surface area is 203 Å². The lowest BCUT2D eigenvalue weighted by Crippen LogP contribution is -2.67. The zero-order valence-electron chi connectivity index (χ0n) is 23.1. The second-order valence-electron chi connectivity index (χ2n) is 8.37. The number of hydrogen-bond acceptors (Lipinski definition) is 9. The molecule has 1 aromatic carbocycles. The molecule has 33 heavy (non-hydrogen) atoms. The fourth-order valence-electron chi connectivity index (χ4n) is 5.20. The summed E-state index contributed by atoms with van der Waals surface area (Å²) in [6.07, 6.45) is -0.723. The molecule has 0 aromatic heterocycles. The van der Waals surface area contributed by atoms with Gasteiger partial charge < -0.3 is 31.3 Å². The van der Waals surface area contributed by atoms with Crippen LogP contribution in [0.1, 0.15) is 32.7 Å². The topological polar surface area (TPSA) is 182 Å². The number of fused-ring (bicyclic) bond motifs is 3. The van der Waals surface area contributed by atoms with Crippen molar-refractivity contribution in [3.8, 4) is 5.75 Å². The van der Waals surface area contributed by atoms with Crippen LogP contribution in [0.3, 0.4) is 0 Å². The second kappa shape index (κ2) is 7.56. The number of Topliss-reactive ketones (excluding diaryl/α,β-unsaturated/α-hetero) is 2. The molecule has 178 valence electrons. The number of ketones is 2. The van der Waals surface area contributed by atoms with E-state index >= 15 is 0 Å². The number of nitrogens with two attached hydrogens (primary N) is 1. The van der Waals surface area contributed by atoms with Crippen LogP contribution in [-0.2, 0) is 20.0 Å². The quantitative estimate of drug-likeness (QED) is 0.247. The average Bonchev–Trinajstić information content (AvgIpc) is 2.74. The number of benzene rings is 1. The summed E-state index contributed by atoms with van der Waals surface area (Å²) in [5.41, 5.74) is -2.68. The summed E-state index contributed by atoms with van der Waals surface area (Å²) in [5.74, 6) is -11.3. The predicted molar refractivity (Wildman–Crippen MR) is 117 cm³/mol. The van der Waals surface area contributed by atoms with Crippen LogP contribution in [0.2, 0.25) is 0 Å². The Morgan fingerprint density at radius 3 is 2.42 bits per heavy atom. The van der Waals surface area contributed by atoms with Crippen molar-refractivity contribution in [3.05, 3.63) is 46.2 Å². The van der Waals surface area contributed by atoms with Gasteiger partial charge in [0.25, 0.3) is 5.91 Å². The molecule has 0 heterocycles. The van der Waals surface area contributed by atoms with E-state index < -0.39 is 95.3 Å². The Bertz CT molecular complexity index is 1340. The number of aromatic hydroxyl groups is 1. The molecule has 0 unspecified atom stereocenters. The lowest BCUT2D eigenvalue weighted by Gasteiger charge is -2.53. The number of amides is 1. The summed E-state index contributed by atoms with van der Waals surface area (Å²) in [7, 11) is 0. The number of carbonyl (C=O) groups is 3. The number of carbonyl (C=O) groups excluding carboxylic acids is 3. The second-order valence-corrected chi connectivity index (χ2v) is 8.37. The van der Waals surface area contributed by atoms with Gasteiger partial charge in [0.05, 0.1) is 17.2 Å². The number of aliphatic hydroxyl groups excluding tert-OH is 2. The summed E-state index contributed by atoms with van der Waals surface area (Å²) < 4.78 is 46.7. The van der Waals surface area contributed by atoms with Crippen LogP contribution in [0.15, 0.2) is 35.1 Å². The molecule has 0 spiro atoms. The zero-order valence-corrected chi connectivity index (χ0v) is 17.9. The molecule has 1 amide bonds. The van der Waals surface area contributed by atoms with Crippen LogP contribution in [0.4, 0.5) is 0 Å². The van der Waals surface area contributed by atoms with Crippen LogP contribution in [0.5, 0.6) is 5.75 Å². The molecule has 1 fully saturated rings.